The maximum absolute atomic E-state index is 5.99. The van der Waals surface area contributed by atoms with Gasteiger partial charge in [-0.05, 0) is 35.1 Å². The third-order valence-corrected chi connectivity index (χ3v) is 2.75. The fourth-order valence-electron chi connectivity index (χ4n) is 1.59. The Hall–Kier alpha value is -0.750. The van der Waals surface area contributed by atoms with Crippen LogP contribution in [-0.2, 0) is 0 Å². The Morgan fingerprint density at radius 3 is 2.36 bits per heavy atom. The van der Waals surface area contributed by atoms with Gasteiger partial charge in [0.25, 0.3) is 0 Å². The highest BCUT2D eigenvalue weighted by Gasteiger charge is 2.10. The molecule has 0 nitrogen and oxygen atoms in total. The Morgan fingerprint density at radius 1 is 1.21 bits per heavy atom. The summed E-state index contributed by atoms with van der Waals surface area (Å²) in [6.45, 7) is 10.4. The Kier molecular flexibility index (Phi) is 3.77. The van der Waals surface area contributed by atoms with E-state index in [4.69, 9.17) is 11.6 Å². The van der Waals surface area contributed by atoms with Gasteiger partial charge in [-0.3, -0.25) is 0 Å². The molecule has 0 bridgehead atoms. The zero-order valence-corrected chi connectivity index (χ0v) is 9.81. The summed E-state index contributed by atoms with van der Waals surface area (Å²) in [6.07, 6.45) is 1.96. The predicted molar refractivity (Wildman–Crippen MR) is 64.2 cm³/mol. The molecule has 0 heterocycles. The van der Waals surface area contributed by atoms with Gasteiger partial charge in [0.1, 0.15) is 0 Å². The van der Waals surface area contributed by atoms with Crippen molar-refractivity contribution in [2.45, 2.75) is 32.6 Å². The zero-order chi connectivity index (χ0) is 10.7. The zero-order valence-electron chi connectivity index (χ0n) is 9.05. The lowest BCUT2D eigenvalue weighted by molar-refractivity contribution is 0.823. The van der Waals surface area contributed by atoms with E-state index in [0.29, 0.717) is 11.8 Å². The van der Waals surface area contributed by atoms with Crippen LogP contribution < -0.4 is 0 Å². The second-order valence-electron chi connectivity index (χ2n) is 3.95. The summed E-state index contributed by atoms with van der Waals surface area (Å²) in [5, 5.41) is 0.804. The topological polar surface area (TPSA) is 0 Å². The molecule has 1 heteroatoms. The minimum atomic E-state index is 0.367. The highest BCUT2D eigenvalue weighted by Crippen LogP contribution is 2.29. The maximum atomic E-state index is 5.99. The van der Waals surface area contributed by atoms with Crippen LogP contribution in [0, 0.1) is 0 Å². The van der Waals surface area contributed by atoms with Crippen LogP contribution in [0.4, 0.5) is 0 Å². The fraction of sp³-hybridized carbons (Fsp3) is 0.385. The van der Waals surface area contributed by atoms with E-state index in [9.17, 15) is 0 Å². The molecule has 1 atom stereocenters. The first-order chi connectivity index (χ1) is 6.56. The van der Waals surface area contributed by atoms with Crippen LogP contribution >= 0.6 is 11.6 Å². The summed E-state index contributed by atoms with van der Waals surface area (Å²) in [6, 6.07) is 6.11. The number of halogens is 1. The molecule has 0 radical (unpaired) electrons. The SMILES string of the molecule is C=CC(C)c1cc(Cl)ccc1C(C)C. The molecule has 1 aromatic carbocycles. The quantitative estimate of drug-likeness (QED) is 0.629. The number of allylic oxidation sites excluding steroid dienone is 1. The molecular weight excluding hydrogens is 192 g/mol. The van der Waals surface area contributed by atoms with Crippen molar-refractivity contribution in [2.24, 2.45) is 0 Å². The summed E-state index contributed by atoms with van der Waals surface area (Å²) < 4.78 is 0. The average Bonchev–Trinajstić information content (AvgIpc) is 2.16. The summed E-state index contributed by atoms with van der Waals surface area (Å²) in [7, 11) is 0. The molecule has 0 saturated heterocycles. The lowest BCUT2D eigenvalue weighted by Crippen LogP contribution is -1.98. The van der Waals surface area contributed by atoms with Gasteiger partial charge in [0.15, 0.2) is 0 Å². The highest BCUT2D eigenvalue weighted by molar-refractivity contribution is 6.30. The van der Waals surface area contributed by atoms with E-state index >= 15 is 0 Å². The summed E-state index contributed by atoms with van der Waals surface area (Å²) in [5.41, 5.74) is 2.66. The lowest BCUT2D eigenvalue weighted by Gasteiger charge is -2.16. The fourth-order valence-corrected chi connectivity index (χ4v) is 1.77. The Labute approximate surface area is 91.6 Å². The van der Waals surface area contributed by atoms with Gasteiger partial charge in [-0.2, -0.15) is 0 Å². The van der Waals surface area contributed by atoms with E-state index < -0.39 is 0 Å². The van der Waals surface area contributed by atoms with Gasteiger partial charge in [0.2, 0.25) is 0 Å². The molecule has 0 amide bonds. The van der Waals surface area contributed by atoms with E-state index in [0.717, 1.165) is 5.02 Å². The van der Waals surface area contributed by atoms with Gasteiger partial charge in [0, 0.05) is 5.02 Å². The molecule has 0 aliphatic rings. The number of hydrogen-bond acceptors (Lipinski definition) is 0. The molecular formula is C13H17Cl. The van der Waals surface area contributed by atoms with Crippen molar-refractivity contribution in [1.29, 1.82) is 0 Å². The van der Waals surface area contributed by atoms with Crippen molar-refractivity contribution >= 4 is 11.6 Å². The first-order valence-corrected chi connectivity index (χ1v) is 5.36. The first-order valence-electron chi connectivity index (χ1n) is 4.98. The molecule has 14 heavy (non-hydrogen) atoms. The number of hydrogen-bond donors (Lipinski definition) is 0. The van der Waals surface area contributed by atoms with Crippen molar-refractivity contribution in [3.05, 3.63) is 47.0 Å². The van der Waals surface area contributed by atoms with Crippen LogP contribution in [0.15, 0.2) is 30.9 Å². The standard InChI is InChI=1S/C13H17Cl/c1-5-10(4)13-8-11(14)6-7-12(13)9(2)3/h5-10H,1H2,2-4H3. The van der Waals surface area contributed by atoms with E-state index in [-0.39, 0.29) is 0 Å². The Bertz CT molecular complexity index is 326. The van der Waals surface area contributed by atoms with Gasteiger partial charge >= 0.3 is 0 Å². The second kappa shape index (κ2) is 4.65. The normalized spacial score (nSPS) is 12.9. The first kappa shape index (κ1) is 11.3. The van der Waals surface area contributed by atoms with Crippen molar-refractivity contribution < 1.29 is 0 Å². The molecule has 1 unspecified atom stereocenters. The molecule has 0 fully saturated rings. The third kappa shape index (κ3) is 2.39. The highest BCUT2D eigenvalue weighted by atomic mass is 35.5. The molecule has 0 spiro atoms. The monoisotopic (exact) mass is 208 g/mol. The number of benzene rings is 1. The van der Waals surface area contributed by atoms with Gasteiger partial charge in [-0.25, -0.2) is 0 Å². The molecule has 76 valence electrons. The van der Waals surface area contributed by atoms with E-state index in [1.165, 1.54) is 11.1 Å². The summed E-state index contributed by atoms with van der Waals surface area (Å²) in [5.74, 6) is 0.899. The van der Waals surface area contributed by atoms with Crippen LogP contribution in [0.2, 0.25) is 5.02 Å². The van der Waals surface area contributed by atoms with Crippen LogP contribution in [-0.4, -0.2) is 0 Å². The van der Waals surface area contributed by atoms with E-state index in [2.05, 4.69) is 33.4 Å². The van der Waals surface area contributed by atoms with Gasteiger partial charge in [0.05, 0.1) is 0 Å². The van der Waals surface area contributed by atoms with Crippen LogP contribution in [0.1, 0.15) is 43.7 Å². The molecule has 1 rings (SSSR count). The average molecular weight is 209 g/mol. The van der Waals surface area contributed by atoms with Gasteiger partial charge in [-0.15, -0.1) is 6.58 Å². The number of rotatable bonds is 3. The molecule has 1 aromatic rings. The van der Waals surface area contributed by atoms with E-state index in [1.807, 2.05) is 18.2 Å². The molecule has 0 saturated carbocycles. The van der Waals surface area contributed by atoms with Crippen molar-refractivity contribution in [3.8, 4) is 0 Å². The maximum Gasteiger partial charge on any atom is 0.0409 e. The Morgan fingerprint density at radius 2 is 1.86 bits per heavy atom. The second-order valence-corrected chi connectivity index (χ2v) is 4.39. The minimum absolute atomic E-state index is 0.367. The van der Waals surface area contributed by atoms with Gasteiger partial charge in [-0.1, -0.05) is 44.5 Å². The summed E-state index contributed by atoms with van der Waals surface area (Å²) >= 11 is 5.99. The lowest BCUT2D eigenvalue weighted by atomic mass is 9.90. The Balaban J connectivity index is 3.22. The molecule has 0 aromatic heterocycles. The van der Waals surface area contributed by atoms with Crippen molar-refractivity contribution in [1.82, 2.24) is 0 Å². The predicted octanol–water partition coefficient (Wildman–Crippen LogP) is 4.75. The smallest absolute Gasteiger partial charge is 0.0409 e. The van der Waals surface area contributed by atoms with Crippen LogP contribution in [0.25, 0.3) is 0 Å². The molecule has 0 N–H and O–H groups in total. The van der Waals surface area contributed by atoms with Crippen molar-refractivity contribution in [2.75, 3.05) is 0 Å². The largest absolute Gasteiger partial charge is 0.102 e. The molecule has 0 aliphatic carbocycles. The van der Waals surface area contributed by atoms with E-state index in [1.54, 1.807) is 0 Å². The van der Waals surface area contributed by atoms with Crippen LogP contribution in [0.3, 0.4) is 0 Å². The summed E-state index contributed by atoms with van der Waals surface area (Å²) in [4.78, 5) is 0. The third-order valence-electron chi connectivity index (χ3n) is 2.51. The van der Waals surface area contributed by atoms with Crippen molar-refractivity contribution in [3.63, 3.8) is 0 Å². The molecule has 0 aliphatic heterocycles. The minimum Gasteiger partial charge on any atom is -0.102 e. The van der Waals surface area contributed by atoms with Crippen LogP contribution in [0.5, 0.6) is 0 Å². The van der Waals surface area contributed by atoms with Gasteiger partial charge < -0.3 is 0 Å².